The summed E-state index contributed by atoms with van der Waals surface area (Å²) in [5.41, 5.74) is 0. The predicted molar refractivity (Wildman–Crippen MR) is 54.9 cm³/mol. The Morgan fingerprint density at radius 2 is 1.75 bits per heavy atom. The molecule has 0 N–H and O–H groups in total. The Hall–Kier alpha value is 0.00390. The first-order chi connectivity index (χ1) is 7.20. The molecule has 0 aromatic heterocycles. The van der Waals surface area contributed by atoms with E-state index in [2.05, 4.69) is 4.90 Å². The van der Waals surface area contributed by atoms with E-state index in [9.17, 15) is 9.59 Å². The van der Waals surface area contributed by atoms with E-state index in [1.807, 2.05) is 11.3 Å². The van der Waals surface area contributed by atoms with Crippen molar-refractivity contribution in [1.29, 1.82) is 0 Å². The van der Waals surface area contributed by atoms with Crippen LogP contribution in [0.4, 0.5) is 0 Å². The van der Waals surface area contributed by atoms with Gasteiger partial charge < -0.3 is 14.6 Å². The van der Waals surface area contributed by atoms with Gasteiger partial charge in [-0.2, -0.15) is 6.41 Å². The number of nitrogens with zero attached hydrogens (tertiary/aromatic N) is 3. The SMILES string of the molecule is CC(=O)N1CC(N2CCN([C-]=O)CC2)C1.[Y]. The molecule has 87 valence electrons. The van der Waals surface area contributed by atoms with Crippen molar-refractivity contribution in [3.05, 3.63) is 0 Å². The number of hydrogen-bond donors (Lipinski definition) is 0. The number of hydrogen-bond acceptors (Lipinski definition) is 3. The van der Waals surface area contributed by atoms with Crippen LogP contribution in [0.15, 0.2) is 0 Å². The molecule has 0 atom stereocenters. The minimum atomic E-state index is 0. The third-order valence-corrected chi connectivity index (χ3v) is 3.27. The molecule has 2 heterocycles. The molecule has 1 radical (unpaired) electrons. The Morgan fingerprint density at radius 1 is 1.19 bits per heavy atom. The second-order valence-electron chi connectivity index (χ2n) is 4.19. The third-order valence-electron chi connectivity index (χ3n) is 3.27. The summed E-state index contributed by atoms with van der Waals surface area (Å²) in [7, 11) is 0. The van der Waals surface area contributed by atoms with Gasteiger partial charge in [0.25, 0.3) is 0 Å². The zero-order chi connectivity index (χ0) is 10.8. The van der Waals surface area contributed by atoms with E-state index in [4.69, 9.17) is 0 Å². The molecule has 6 heteroatoms. The molecule has 2 saturated heterocycles. The normalized spacial score (nSPS) is 22.3. The average molecular weight is 299 g/mol. The van der Waals surface area contributed by atoms with Gasteiger partial charge in [-0.05, 0) is 0 Å². The Morgan fingerprint density at radius 3 is 2.19 bits per heavy atom. The van der Waals surface area contributed by atoms with Crippen molar-refractivity contribution in [3.8, 4) is 0 Å². The molecule has 0 aromatic carbocycles. The minimum Gasteiger partial charge on any atom is -0.520 e. The molecular formula is C10H16N3O2Y-. The topological polar surface area (TPSA) is 43.9 Å². The number of likely N-dealkylation sites (tertiary alicyclic amines) is 1. The molecule has 0 aliphatic carbocycles. The molecule has 0 spiro atoms. The van der Waals surface area contributed by atoms with Crippen molar-refractivity contribution in [3.63, 3.8) is 0 Å². The van der Waals surface area contributed by atoms with E-state index >= 15 is 0 Å². The molecule has 16 heavy (non-hydrogen) atoms. The van der Waals surface area contributed by atoms with Crippen molar-refractivity contribution in [2.75, 3.05) is 39.3 Å². The van der Waals surface area contributed by atoms with Crippen LogP contribution in [0.5, 0.6) is 0 Å². The Bertz CT molecular complexity index is 261. The quantitative estimate of drug-likeness (QED) is 0.608. The summed E-state index contributed by atoms with van der Waals surface area (Å²) in [5.74, 6) is 0.158. The first-order valence-electron chi connectivity index (χ1n) is 5.33. The summed E-state index contributed by atoms with van der Waals surface area (Å²) in [6.07, 6.45) is 1.92. The van der Waals surface area contributed by atoms with Crippen molar-refractivity contribution in [1.82, 2.24) is 14.7 Å². The van der Waals surface area contributed by atoms with Crippen LogP contribution in [-0.2, 0) is 42.3 Å². The molecule has 2 fully saturated rings. The third kappa shape index (κ3) is 3.02. The molecule has 5 nitrogen and oxygen atoms in total. The van der Waals surface area contributed by atoms with Gasteiger partial charge in [-0.25, -0.2) is 0 Å². The van der Waals surface area contributed by atoms with Gasteiger partial charge in [-0.1, -0.05) is 0 Å². The summed E-state index contributed by atoms with van der Waals surface area (Å²) in [6, 6.07) is 0.503. The maximum absolute atomic E-state index is 11.0. The smallest absolute Gasteiger partial charge is 0.219 e. The molecule has 2 amide bonds. The van der Waals surface area contributed by atoms with E-state index in [0.29, 0.717) is 6.04 Å². The summed E-state index contributed by atoms with van der Waals surface area (Å²) >= 11 is 0. The van der Waals surface area contributed by atoms with Gasteiger partial charge in [0, 0.05) is 84.9 Å². The van der Waals surface area contributed by atoms with Crippen LogP contribution in [0.2, 0.25) is 0 Å². The van der Waals surface area contributed by atoms with Crippen molar-refractivity contribution >= 4 is 12.3 Å². The molecular weight excluding hydrogens is 283 g/mol. The molecule has 0 saturated carbocycles. The van der Waals surface area contributed by atoms with Crippen molar-refractivity contribution in [2.45, 2.75) is 13.0 Å². The van der Waals surface area contributed by atoms with Gasteiger partial charge in [0.15, 0.2) is 0 Å². The number of piperazine rings is 1. The predicted octanol–water partition coefficient (Wildman–Crippen LogP) is -1.10. The zero-order valence-corrected chi connectivity index (χ0v) is 12.4. The van der Waals surface area contributed by atoms with Gasteiger partial charge in [0.2, 0.25) is 5.91 Å². The first-order valence-corrected chi connectivity index (χ1v) is 5.33. The number of amides is 2. The Balaban J connectivity index is 0.00000128. The van der Waals surface area contributed by atoms with E-state index in [-0.39, 0.29) is 38.6 Å². The van der Waals surface area contributed by atoms with E-state index in [0.717, 1.165) is 39.3 Å². The summed E-state index contributed by atoms with van der Waals surface area (Å²) in [5, 5.41) is 0. The summed E-state index contributed by atoms with van der Waals surface area (Å²) < 4.78 is 0. The Kier molecular flexibility index (Phi) is 5.34. The molecule has 0 bridgehead atoms. The maximum atomic E-state index is 11.0. The van der Waals surface area contributed by atoms with Gasteiger partial charge >= 0.3 is 0 Å². The van der Waals surface area contributed by atoms with E-state index in [1.54, 1.807) is 11.8 Å². The second-order valence-corrected chi connectivity index (χ2v) is 4.19. The van der Waals surface area contributed by atoms with Crippen molar-refractivity contribution in [2.24, 2.45) is 0 Å². The van der Waals surface area contributed by atoms with Gasteiger partial charge in [-0.15, -0.1) is 0 Å². The number of carbonyl (C=O) groups excluding carboxylic acids is 2. The minimum absolute atomic E-state index is 0. The molecule has 2 rings (SSSR count). The standard InChI is InChI=1S/C10H16N3O2.Y/c1-9(15)13-6-10(7-13)12-4-2-11(8-14)3-5-12;/h10H,2-7H2,1H3;/q-1;. The van der Waals surface area contributed by atoms with Crippen LogP contribution in [0.1, 0.15) is 6.92 Å². The van der Waals surface area contributed by atoms with E-state index < -0.39 is 0 Å². The fraction of sp³-hybridized carbons (Fsp3) is 0.800. The van der Waals surface area contributed by atoms with Gasteiger partial charge in [-0.3, -0.25) is 9.69 Å². The summed E-state index contributed by atoms with van der Waals surface area (Å²) in [6.45, 7) is 6.65. The van der Waals surface area contributed by atoms with Crippen LogP contribution in [0.3, 0.4) is 0 Å². The fourth-order valence-electron chi connectivity index (χ4n) is 2.12. The van der Waals surface area contributed by atoms with Gasteiger partial charge in [0.05, 0.1) is 0 Å². The van der Waals surface area contributed by atoms with Gasteiger partial charge in [0.1, 0.15) is 0 Å². The number of carbonyl (C=O) groups is 1. The van der Waals surface area contributed by atoms with Crippen LogP contribution in [0.25, 0.3) is 0 Å². The van der Waals surface area contributed by atoms with Crippen LogP contribution >= 0.6 is 0 Å². The number of rotatable bonds is 2. The second kappa shape index (κ2) is 6.08. The monoisotopic (exact) mass is 299 g/mol. The average Bonchev–Trinajstić information content (AvgIpc) is 2.16. The molecule has 2 aliphatic rings. The van der Waals surface area contributed by atoms with Crippen LogP contribution in [0, 0.1) is 0 Å². The maximum Gasteiger partial charge on any atom is 0.219 e. The largest absolute Gasteiger partial charge is 0.520 e. The molecule has 0 unspecified atom stereocenters. The molecule has 0 aromatic rings. The zero-order valence-electron chi connectivity index (χ0n) is 9.56. The van der Waals surface area contributed by atoms with Crippen molar-refractivity contribution < 1.29 is 42.3 Å². The van der Waals surface area contributed by atoms with E-state index in [1.165, 1.54) is 0 Å². The molecule has 2 aliphatic heterocycles. The summed E-state index contributed by atoms with van der Waals surface area (Å²) in [4.78, 5) is 27.3. The van der Waals surface area contributed by atoms with Crippen LogP contribution < -0.4 is 0 Å². The van der Waals surface area contributed by atoms with Crippen LogP contribution in [-0.4, -0.2) is 72.3 Å². The first kappa shape index (κ1) is 14.1. The Labute approximate surface area is 121 Å². The fourth-order valence-corrected chi connectivity index (χ4v) is 2.12.